The molecule has 120 valence electrons. The second-order valence-corrected chi connectivity index (χ2v) is 5.22. The van der Waals surface area contributed by atoms with Gasteiger partial charge in [0.25, 0.3) is 0 Å². The zero-order valence-corrected chi connectivity index (χ0v) is 12.6. The predicted octanol–water partition coefficient (Wildman–Crippen LogP) is 1.82. The van der Waals surface area contributed by atoms with Crippen molar-refractivity contribution in [1.82, 2.24) is 5.32 Å². The zero-order chi connectivity index (χ0) is 15.2. The van der Waals surface area contributed by atoms with E-state index in [1.54, 1.807) is 0 Å². The molecule has 0 aromatic carbocycles. The van der Waals surface area contributed by atoms with Crippen molar-refractivity contribution >= 4 is 41.4 Å². The predicted molar refractivity (Wildman–Crippen MR) is 85.6 cm³/mol. The van der Waals surface area contributed by atoms with E-state index in [0.717, 1.165) is 19.3 Å². The minimum atomic E-state index is -1.20. The number of carboxylic acids is 1. The fraction of sp³-hybridized carbons (Fsp3) is 0.867. The minimum absolute atomic E-state index is 0. The molecule has 6 heteroatoms. The number of rotatable bonds is 13. The molecule has 0 rings (SSSR count). The first-order chi connectivity index (χ1) is 9.61. The topological polar surface area (TPSA) is 86.6 Å². The number of aliphatic hydroxyl groups is 1. The van der Waals surface area contributed by atoms with Gasteiger partial charge in [-0.3, -0.25) is 4.79 Å². The molecular formula is C15H30NNaO4. The molecule has 1 amide bonds. The first kappa shape index (κ1) is 23.2. The average molecular weight is 311 g/mol. The molecular weight excluding hydrogens is 281 g/mol. The fourth-order valence-electron chi connectivity index (χ4n) is 2.05. The molecule has 0 saturated carbocycles. The molecule has 0 bridgehead atoms. The number of carboxylic acid groups (broad SMARTS) is 1. The normalized spacial score (nSPS) is 11.5. The summed E-state index contributed by atoms with van der Waals surface area (Å²) in [5.74, 6) is -1.50. The van der Waals surface area contributed by atoms with Crippen LogP contribution >= 0.6 is 0 Å². The third-order valence-corrected chi connectivity index (χ3v) is 3.32. The summed E-state index contributed by atoms with van der Waals surface area (Å²) in [6.07, 6.45) is 10.9. The van der Waals surface area contributed by atoms with Crippen molar-refractivity contribution in [3.05, 3.63) is 0 Å². The van der Waals surface area contributed by atoms with Crippen molar-refractivity contribution in [2.45, 2.75) is 77.2 Å². The van der Waals surface area contributed by atoms with Gasteiger partial charge in [0.1, 0.15) is 6.04 Å². The number of amides is 1. The maximum absolute atomic E-state index is 11.4. The van der Waals surface area contributed by atoms with E-state index in [1.165, 1.54) is 38.5 Å². The fourth-order valence-corrected chi connectivity index (χ4v) is 2.05. The van der Waals surface area contributed by atoms with Gasteiger partial charge in [0.15, 0.2) is 0 Å². The van der Waals surface area contributed by atoms with E-state index in [-0.39, 0.29) is 35.5 Å². The van der Waals surface area contributed by atoms with Crippen LogP contribution in [0.2, 0.25) is 0 Å². The first-order valence-electron chi connectivity index (χ1n) is 7.74. The van der Waals surface area contributed by atoms with Crippen molar-refractivity contribution in [1.29, 1.82) is 0 Å². The Morgan fingerprint density at radius 1 is 0.952 bits per heavy atom. The number of nitrogens with one attached hydrogen (secondary N) is 1. The van der Waals surface area contributed by atoms with E-state index in [9.17, 15) is 9.59 Å². The summed E-state index contributed by atoms with van der Waals surface area (Å²) in [6.45, 7) is 1.63. The molecule has 1 unspecified atom stereocenters. The molecule has 0 radical (unpaired) electrons. The molecule has 0 saturated heterocycles. The molecule has 3 N–H and O–H groups in total. The van der Waals surface area contributed by atoms with Gasteiger partial charge in [-0.25, -0.2) is 4.79 Å². The Kier molecular flexibility index (Phi) is 18.0. The van der Waals surface area contributed by atoms with Gasteiger partial charge in [-0.05, 0) is 6.42 Å². The molecule has 0 aromatic heterocycles. The SMILES string of the molecule is CCCCCCCCCCCC(=O)NC(CO)C(=O)O.[NaH]. The van der Waals surface area contributed by atoms with Crippen LogP contribution in [0.5, 0.6) is 0 Å². The number of aliphatic hydroxyl groups excluding tert-OH is 1. The number of hydrogen-bond donors (Lipinski definition) is 3. The van der Waals surface area contributed by atoms with Gasteiger partial charge in [0.2, 0.25) is 5.91 Å². The van der Waals surface area contributed by atoms with Gasteiger partial charge >= 0.3 is 35.5 Å². The van der Waals surface area contributed by atoms with Gasteiger partial charge in [-0.2, -0.15) is 0 Å². The van der Waals surface area contributed by atoms with Crippen molar-refractivity contribution in [3.63, 3.8) is 0 Å². The molecule has 1 atom stereocenters. The molecule has 0 aliphatic heterocycles. The van der Waals surface area contributed by atoms with Crippen LogP contribution in [0, 0.1) is 0 Å². The first-order valence-corrected chi connectivity index (χ1v) is 7.74. The van der Waals surface area contributed by atoms with Crippen LogP contribution in [-0.2, 0) is 9.59 Å². The van der Waals surface area contributed by atoms with Crippen molar-refractivity contribution in [2.75, 3.05) is 6.61 Å². The van der Waals surface area contributed by atoms with Gasteiger partial charge in [-0.15, -0.1) is 0 Å². The molecule has 5 nitrogen and oxygen atoms in total. The zero-order valence-electron chi connectivity index (χ0n) is 12.6. The Morgan fingerprint density at radius 3 is 1.86 bits per heavy atom. The second kappa shape index (κ2) is 16.3. The summed E-state index contributed by atoms with van der Waals surface area (Å²) >= 11 is 0. The van der Waals surface area contributed by atoms with E-state index in [2.05, 4.69) is 12.2 Å². The third-order valence-electron chi connectivity index (χ3n) is 3.32. The molecule has 0 heterocycles. The number of hydrogen-bond acceptors (Lipinski definition) is 3. The summed E-state index contributed by atoms with van der Waals surface area (Å²) in [5.41, 5.74) is 0. The molecule has 21 heavy (non-hydrogen) atoms. The van der Waals surface area contributed by atoms with Crippen LogP contribution in [0.4, 0.5) is 0 Å². The molecule has 0 aromatic rings. The Hall–Kier alpha value is -0.100. The van der Waals surface area contributed by atoms with Crippen LogP contribution in [0.15, 0.2) is 0 Å². The van der Waals surface area contributed by atoms with E-state index in [4.69, 9.17) is 10.2 Å². The van der Waals surface area contributed by atoms with Crippen LogP contribution in [0.1, 0.15) is 71.1 Å². The van der Waals surface area contributed by atoms with Crippen LogP contribution < -0.4 is 5.32 Å². The van der Waals surface area contributed by atoms with E-state index >= 15 is 0 Å². The van der Waals surface area contributed by atoms with Crippen LogP contribution in [0.3, 0.4) is 0 Å². The van der Waals surface area contributed by atoms with E-state index in [0.29, 0.717) is 6.42 Å². The molecule has 0 spiro atoms. The van der Waals surface area contributed by atoms with Gasteiger partial charge < -0.3 is 15.5 Å². The monoisotopic (exact) mass is 311 g/mol. The van der Waals surface area contributed by atoms with Crippen molar-refractivity contribution < 1.29 is 19.8 Å². The third kappa shape index (κ3) is 14.6. The number of aliphatic carboxylic acids is 1. The summed E-state index contributed by atoms with van der Waals surface area (Å²) in [4.78, 5) is 22.1. The summed E-state index contributed by atoms with van der Waals surface area (Å²) < 4.78 is 0. The van der Waals surface area contributed by atoms with Gasteiger partial charge in [0, 0.05) is 6.42 Å². The number of carbonyl (C=O) groups excluding carboxylic acids is 1. The van der Waals surface area contributed by atoms with Gasteiger partial charge in [0.05, 0.1) is 6.61 Å². The Morgan fingerprint density at radius 2 is 1.43 bits per heavy atom. The van der Waals surface area contributed by atoms with E-state index in [1.807, 2.05) is 0 Å². The average Bonchev–Trinajstić information content (AvgIpc) is 2.42. The number of unbranched alkanes of at least 4 members (excludes halogenated alkanes) is 8. The second-order valence-electron chi connectivity index (χ2n) is 5.22. The van der Waals surface area contributed by atoms with E-state index < -0.39 is 18.6 Å². The van der Waals surface area contributed by atoms with Gasteiger partial charge in [-0.1, -0.05) is 58.3 Å². The van der Waals surface area contributed by atoms with Crippen molar-refractivity contribution in [2.24, 2.45) is 0 Å². The molecule has 0 fully saturated rings. The molecule has 0 aliphatic carbocycles. The Labute approximate surface area is 150 Å². The van der Waals surface area contributed by atoms with Crippen molar-refractivity contribution in [3.8, 4) is 0 Å². The molecule has 0 aliphatic rings. The quantitative estimate of drug-likeness (QED) is 0.358. The van der Waals surface area contributed by atoms with Crippen LogP contribution in [-0.4, -0.2) is 64.3 Å². The number of carbonyl (C=O) groups is 2. The summed E-state index contributed by atoms with van der Waals surface area (Å²) in [5, 5.41) is 19.8. The maximum atomic E-state index is 11.4. The standard InChI is InChI=1S/C15H29NO4.Na.H/c1-2-3-4-5-6-7-8-9-10-11-14(18)16-13(12-17)15(19)20;;/h13,17H,2-12H2,1H3,(H,16,18)(H,19,20);;. The Bertz CT molecular complexity index is 274. The summed E-state index contributed by atoms with van der Waals surface area (Å²) in [6, 6.07) is -1.18. The summed E-state index contributed by atoms with van der Waals surface area (Å²) in [7, 11) is 0. The van der Waals surface area contributed by atoms with Crippen LogP contribution in [0.25, 0.3) is 0 Å². The Balaban J connectivity index is 0.